The Bertz CT molecular complexity index is 1050. The number of hydrogen-bond donors (Lipinski definition) is 2. The highest BCUT2D eigenvalue weighted by Gasteiger charge is 2.39. The fourth-order valence-electron chi connectivity index (χ4n) is 3.43. The number of fused-ring (bicyclic) bond motifs is 1. The summed E-state index contributed by atoms with van der Waals surface area (Å²) in [6.07, 6.45) is 0. The Hall–Kier alpha value is -3.07. The average Bonchev–Trinajstić information content (AvgIpc) is 3.03. The van der Waals surface area contributed by atoms with Crippen molar-refractivity contribution in [2.75, 3.05) is 20.3 Å². The first-order chi connectivity index (χ1) is 13.4. The number of hydrogen-bond acceptors (Lipinski definition) is 6. The molecule has 3 aromatic rings. The predicted molar refractivity (Wildman–Crippen MR) is 96.1 cm³/mol. The minimum absolute atomic E-state index is 0.0665. The number of phenolic OH excluding ortho intramolecular Hbond substituents is 2. The molecule has 148 valence electrons. The smallest absolute Gasteiger partial charge is 0.387 e. The van der Waals surface area contributed by atoms with E-state index < -0.39 is 29.4 Å². The van der Waals surface area contributed by atoms with Crippen molar-refractivity contribution in [3.05, 3.63) is 30.3 Å². The van der Waals surface area contributed by atoms with Crippen molar-refractivity contribution in [1.82, 2.24) is 9.55 Å². The number of para-hydroxylation sites is 2. The molecule has 1 aliphatic heterocycles. The molecule has 0 bridgehead atoms. The first kappa shape index (κ1) is 18.3. The number of methoxy groups -OCH3 is 1. The highest BCUT2D eigenvalue weighted by Crippen LogP contribution is 2.50. The average molecular weight is 392 g/mol. The molecular weight excluding hydrogens is 374 g/mol. The van der Waals surface area contributed by atoms with E-state index >= 15 is 0 Å². The van der Waals surface area contributed by atoms with E-state index in [2.05, 4.69) is 9.72 Å². The van der Waals surface area contributed by atoms with Gasteiger partial charge in [0.25, 0.3) is 0 Å². The maximum absolute atomic E-state index is 13.0. The zero-order valence-electron chi connectivity index (χ0n) is 15.1. The topological polar surface area (TPSA) is 86.0 Å². The Balaban J connectivity index is 2.05. The van der Waals surface area contributed by atoms with Gasteiger partial charge in [0.1, 0.15) is 5.82 Å². The summed E-state index contributed by atoms with van der Waals surface area (Å²) in [6.45, 7) is -0.434. The van der Waals surface area contributed by atoms with Crippen molar-refractivity contribution in [2.24, 2.45) is 0 Å². The molecule has 4 rings (SSSR count). The van der Waals surface area contributed by atoms with E-state index in [4.69, 9.17) is 9.47 Å². The second-order valence-electron chi connectivity index (χ2n) is 6.78. The molecular formula is C19H18F2N2O5. The summed E-state index contributed by atoms with van der Waals surface area (Å²) in [7, 11) is 1.29. The Morgan fingerprint density at radius 3 is 2.54 bits per heavy atom. The molecule has 0 aliphatic carbocycles. The molecule has 0 atom stereocenters. The van der Waals surface area contributed by atoms with Gasteiger partial charge in [0.15, 0.2) is 11.5 Å². The molecule has 0 saturated carbocycles. The van der Waals surface area contributed by atoms with Crippen molar-refractivity contribution >= 4 is 11.0 Å². The van der Waals surface area contributed by atoms with E-state index in [1.165, 1.54) is 13.2 Å². The fraction of sp³-hybridized carbons (Fsp3) is 0.316. The van der Waals surface area contributed by atoms with E-state index in [1.807, 2.05) is 29.7 Å². The molecule has 0 radical (unpaired) electrons. The van der Waals surface area contributed by atoms with E-state index in [9.17, 15) is 19.0 Å². The van der Waals surface area contributed by atoms with Crippen LogP contribution in [0, 0.1) is 0 Å². The van der Waals surface area contributed by atoms with Gasteiger partial charge in [-0.3, -0.25) is 0 Å². The van der Waals surface area contributed by atoms with Crippen LogP contribution in [0.15, 0.2) is 30.3 Å². The second-order valence-corrected chi connectivity index (χ2v) is 6.78. The van der Waals surface area contributed by atoms with Gasteiger partial charge in [0, 0.05) is 0 Å². The van der Waals surface area contributed by atoms with E-state index in [1.54, 1.807) is 6.07 Å². The summed E-state index contributed by atoms with van der Waals surface area (Å²) in [4.78, 5) is 4.58. The third-order valence-electron chi connectivity index (χ3n) is 4.79. The normalized spacial score (nSPS) is 15.6. The SMILES string of the molecule is COc1cc(-c2nc3ccccc3n2C2(C)COC2)c(OC(F)F)c(O)c1O. The van der Waals surface area contributed by atoms with Gasteiger partial charge >= 0.3 is 6.61 Å². The summed E-state index contributed by atoms with van der Waals surface area (Å²) in [5.41, 5.74) is 1.02. The number of imidazole rings is 1. The highest BCUT2D eigenvalue weighted by atomic mass is 19.3. The molecule has 0 spiro atoms. The van der Waals surface area contributed by atoms with Gasteiger partial charge in [-0.15, -0.1) is 0 Å². The second kappa shape index (κ2) is 6.52. The van der Waals surface area contributed by atoms with Crippen molar-refractivity contribution in [1.29, 1.82) is 0 Å². The summed E-state index contributed by atoms with van der Waals surface area (Å²) in [6, 6.07) is 8.63. The van der Waals surface area contributed by atoms with Gasteiger partial charge in [-0.25, -0.2) is 4.98 Å². The third kappa shape index (κ3) is 2.70. The van der Waals surface area contributed by atoms with Crippen LogP contribution in [0.2, 0.25) is 0 Å². The minimum Gasteiger partial charge on any atom is -0.502 e. The molecule has 1 saturated heterocycles. The highest BCUT2D eigenvalue weighted by molar-refractivity contribution is 5.85. The molecule has 2 heterocycles. The van der Waals surface area contributed by atoms with Crippen LogP contribution in [0.25, 0.3) is 22.4 Å². The number of alkyl halides is 2. The van der Waals surface area contributed by atoms with Crippen LogP contribution in [-0.4, -0.2) is 46.7 Å². The Morgan fingerprint density at radius 1 is 1.21 bits per heavy atom. The van der Waals surface area contributed by atoms with Gasteiger partial charge in [-0.2, -0.15) is 8.78 Å². The molecule has 2 N–H and O–H groups in total. The molecule has 2 aromatic carbocycles. The standard InChI is InChI=1S/C19H18F2N2O5/c1-19(8-27-9-19)23-12-6-4-3-5-11(12)22-17(23)10-7-13(26-2)14(24)15(25)16(10)28-18(20)21/h3-7,18,24-25H,8-9H2,1-2H3. The third-order valence-corrected chi connectivity index (χ3v) is 4.79. The lowest BCUT2D eigenvalue weighted by atomic mass is 9.98. The van der Waals surface area contributed by atoms with Crippen LogP contribution >= 0.6 is 0 Å². The zero-order chi connectivity index (χ0) is 20.1. The Morgan fingerprint density at radius 2 is 1.93 bits per heavy atom. The lowest BCUT2D eigenvalue weighted by Gasteiger charge is -2.40. The van der Waals surface area contributed by atoms with Gasteiger partial charge in [-0.1, -0.05) is 12.1 Å². The van der Waals surface area contributed by atoms with Crippen LogP contribution in [0.3, 0.4) is 0 Å². The molecule has 1 fully saturated rings. The van der Waals surface area contributed by atoms with E-state index in [0.29, 0.717) is 18.7 Å². The maximum Gasteiger partial charge on any atom is 0.387 e. The maximum atomic E-state index is 13.0. The molecule has 28 heavy (non-hydrogen) atoms. The number of aromatic nitrogens is 2. The quantitative estimate of drug-likeness (QED) is 0.647. The number of benzene rings is 2. The predicted octanol–water partition coefficient (Wildman–Crippen LogP) is 3.47. The number of rotatable bonds is 5. The lowest BCUT2D eigenvalue weighted by Crippen LogP contribution is -2.49. The first-order valence-electron chi connectivity index (χ1n) is 8.49. The van der Waals surface area contributed by atoms with Crippen molar-refractivity contribution in [3.63, 3.8) is 0 Å². The number of halogens is 2. The van der Waals surface area contributed by atoms with Gasteiger partial charge in [0.2, 0.25) is 11.5 Å². The summed E-state index contributed by atoms with van der Waals surface area (Å²) < 4.78 is 42.9. The lowest BCUT2D eigenvalue weighted by molar-refractivity contribution is -0.0869. The summed E-state index contributed by atoms with van der Waals surface area (Å²) >= 11 is 0. The number of nitrogens with zero attached hydrogens (tertiary/aromatic N) is 2. The van der Waals surface area contributed by atoms with Crippen LogP contribution in [-0.2, 0) is 10.3 Å². The molecule has 7 nitrogen and oxygen atoms in total. The van der Waals surface area contributed by atoms with E-state index in [-0.39, 0.29) is 17.1 Å². The Labute approximate surface area is 158 Å². The summed E-state index contributed by atoms with van der Waals surface area (Å²) in [5, 5.41) is 20.3. The fourth-order valence-corrected chi connectivity index (χ4v) is 3.43. The van der Waals surface area contributed by atoms with Gasteiger partial charge in [-0.05, 0) is 25.1 Å². The monoisotopic (exact) mass is 392 g/mol. The summed E-state index contributed by atoms with van der Waals surface area (Å²) in [5.74, 6) is -1.92. The van der Waals surface area contributed by atoms with Crippen molar-refractivity contribution in [2.45, 2.75) is 19.1 Å². The zero-order valence-corrected chi connectivity index (χ0v) is 15.1. The molecule has 0 unspecified atom stereocenters. The largest absolute Gasteiger partial charge is 0.502 e. The molecule has 9 heteroatoms. The molecule has 1 aliphatic rings. The van der Waals surface area contributed by atoms with E-state index in [0.717, 1.165) is 5.52 Å². The van der Waals surface area contributed by atoms with Crippen LogP contribution in [0.1, 0.15) is 6.92 Å². The van der Waals surface area contributed by atoms with Crippen molar-refractivity contribution < 1.29 is 33.2 Å². The Kier molecular flexibility index (Phi) is 4.26. The van der Waals surface area contributed by atoms with Crippen LogP contribution < -0.4 is 9.47 Å². The van der Waals surface area contributed by atoms with Crippen molar-refractivity contribution in [3.8, 4) is 34.4 Å². The van der Waals surface area contributed by atoms with Crippen LogP contribution in [0.4, 0.5) is 8.78 Å². The first-order valence-corrected chi connectivity index (χ1v) is 8.49. The number of ether oxygens (including phenoxy) is 3. The van der Waals surface area contributed by atoms with Gasteiger partial charge in [0.05, 0.1) is 42.5 Å². The molecule has 0 amide bonds. The van der Waals surface area contributed by atoms with Crippen LogP contribution in [0.5, 0.6) is 23.0 Å². The minimum atomic E-state index is -3.21. The molecule has 1 aromatic heterocycles. The number of aromatic hydroxyl groups is 2. The van der Waals surface area contributed by atoms with Gasteiger partial charge < -0.3 is 29.0 Å². The number of phenols is 2.